The van der Waals surface area contributed by atoms with Crippen LogP contribution in [0.15, 0.2) is 97.3 Å². The molecule has 6 aromatic rings. The lowest BCUT2D eigenvalue weighted by Gasteiger charge is -2.25. The highest BCUT2D eigenvalue weighted by Crippen LogP contribution is 2.42. The van der Waals surface area contributed by atoms with Crippen molar-refractivity contribution in [3.05, 3.63) is 131 Å². The number of fused-ring (bicyclic) bond motifs is 2. The molecule has 2 heterocycles. The Morgan fingerprint density at radius 1 is 0.620 bits per heavy atom. The van der Waals surface area contributed by atoms with Gasteiger partial charge >= 0.3 is 0 Å². The molecule has 0 saturated carbocycles. The zero-order valence-electron chi connectivity index (χ0n) is 28.4. The molecule has 0 aliphatic heterocycles. The third kappa shape index (κ3) is 7.07. The number of ether oxygens (including phenoxy) is 2. The van der Waals surface area contributed by atoms with Crippen LogP contribution in [0.4, 0.5) is 0 Å². The summed E-state index contributed by atoms with van der Waals surface area (Å²) in [5, 5.41) is 2.45. The molecule has 9 heteroatoms. The number of aromatic nitrogens is 2. The summed E-state index contributed by atoms with van der Waals surface area (Å²) >= 11 is 7.38. The van der Waals surface area contributed by atoms with E-state index in [0.29, 0.717) is 35.4 Å². The number of ketones is 1. The molecule has 0 spiro atoms. The molecule has 6 rings (SSSR count). The van der Waals surface area contributed by atoms with Crippen LogP contribution in [0, 0.1) is 13.8 Å². The number of hydrogen-bond donors (Lipinski definition) is 0. The molecule has 0 amide bonds. The summed E-state index contributed by atoms with van der Waals surface area (Å²) in [5.41, 5.74) is 6.75. The third-order valence-corrected chi connectivity index (χ3v) is 10.5. The average molecular weight is 799 g/mol. The first kappa shape index (κ1) is 35.4. The summed E-state index contributed by atoms with van der Waals surface area (Å²) in [6, 6.07) is 27.4. The number of benzene rings is 4. The summed E-state index contributed by atoms with van der Waals surface area (Å²) in [5.74, 6) is -0.369. The van der Waals surface area contributed by atoms with Crippen LogP contribution < -0.4 is 9.47 Å². The maximum absolute atomic E-state index is 14.9. The second kappa shape index (κ2) is 15.2. The van der Waals surface area contributed by atoms with Crippen LogP contribution in [-0.2, 0) is 18.0 Å². The molecule has 50 heavy (non-hydrogen) atoms. The quantitative estimate of drug-likeness (QED) is 0.115. The first-order valence-electron chi connectivity index (χ1n) is 16.4. The minimum absolute atomic E-state index is 0.0288. The average Bonchev–Trinajstić information content (AvgIpc) is 3.63. The molecule has 256 valence electrons. The van der Waals surface area contributed by atoms with Gasteiger partial charge in [-0.15, -0.1) is 0 Å². The van der Waals surface area contributed by atoms with Crippen LogP contribution >= 0.6 is 31.9 Å². The number of nitrogens with zero attached hydrogens (tertiary/aromatic N) is 2. The number of rotatable bonds is 12. The van der Waals surface area contributed by atoms with Crippen LogP contribution in [0.25, 0.3) is 21.8 Å². The van der Waals surface area contributed by atoms with E-state index < -0.39 is 11.8 Å². The monoisotopic (exact) mass is 796 g/mol. The van der Waals surface area contributed by atoms with Gasteiger partial charge in [-0.1, -0.05) is 92.5 Å². The van der Waals surface area contributed by atoms with Crippen LogP contribution in [0.2, 0.25) is 0 Å². The van der Waals surface area contributed by atoms with Crippen molar-refractivity contribution in [1.82, 2.24) is 9.13 Å². The van der Waals surface area contributed by atoms with Crippen LogP contribution in [0.1, 0.15) is 68.7 Å². The summed E-state index contributed by atoms with van der Waals surface area (Å²) in [6.07, 6.45) is 3.65. The van der Waals surface area contributed by atoms with E-state index in [1.54, 1.807) is 9.13 Å². The van der Waals surface area contributed by atoms with Gasteiger partial charge in [-0.3, -0.25) is 23.5 Å². The van der Waals surface area contributed by atoms with Gasteiger partial charge in [0, 0.05) is 70.9 Å². The van der Waals surface area contributed by atoms with E-state index >= 15 is 0 Å². The summed E-state index contributed by atoms with van der Waals surface area (Å²) in [6.45, 7) is 7.58. The molecular weight excluding hydrogens is 760 g/mol. The van der Waals surface area contributed by atoms with Gasteiger partial charge in [-0.25, -0.2) is 0 Å². The molecule has 7 nitrogen and oxygen atoms in total. The van der Waals surface area contributed by atoms with Gasteiger partial charge in [0.25, 0.3) is 0 Å². The zero-order chi connectivity index (χ0) is 35.5. The summed E-state index contributed by atoms with van der Waals surface area (Å²) in [7, 11) is 0. The summed E-state index contributed by atoms with van der Waals surface area (Å²) < 4.78 is 16.2. The van der Waals surface area contributed by atoms with Crippen molar-refractivity contribution in [2.45, 2.75) is 52.7 Å². The Kier molecular flexibility index (Phi) is 10.7. The van der Waals surface area contributed by atoms with Crippen LogP contribution in [0.3, 0.4) is 0 Å². The summed E-state index contributed by atoms with van der Waals surface area (Å²) in [4.78, 5) is 40.1. The molecular formula is C41H38Br2N2O5. The first-order chi connectivity index (χ1) is 24.1. The number of Topliss-reactive ketones (excluding diaryl/α,β-unsaturated/α-hetero) is 1. The zero-order valence-corrected chi connectivity index (χ0v) is 31.6. The van der Waals surface area contributed by atoms with Crippen molar-refractivity contribution in [2.75, 3.05) is 10.7 Å². The standard InChI is InChI=1S/C41H38Br2N2O5/c1-25-21-44(27(3)46)37-17-39(49-23-29-11-7-5-8-12-29)33(15-31(25)37)35(19-42)41(48)36(20-43)34-16-32-26(2)22-45(28(4)47)38(32)18-40(34)50-24-30-13-9-6-10-14-30/h5-18,21-22,35-36H,19-20,23-24H2,1-4H3. The lowest BCUT2D eigenvalue weighted by Crippen LogP contribution is -2.24. The fraction of sp³-hybridized carbons (Fsp3) is 0.244. The molecule has 2 unspecified atom stereocenters. The number of hydrogen-bond acceptors (Lipinski definition) is 5. The largest absolute Gasteiger partial charge is 0.489 e. The second-order valence-electron chi connectivity index (χ2n) is 12.6. The molecule has 4 aromatic carbocycles. The molecule has 0 N–H and O–H groups in total. The minimum atomic E-state index is -0.603. The molecule has 0 aliphatic carbocycles. The van der Waals surface area contributed by atoms with Gasteiger partial charge < -0.3 is 9.47 Å². The van der Waals surface area contributed by atoms with Crippen molar-refractivity contribution in [2.24, 2.45) is 0 Å². The van der Waals surface area contributed by atoms with Crippen molar-refractivity contribution >= 4 is 71.3 Å². The predicted octanol–water partition coefficient (Wildman–Crippen LogP) is 9.92. The molecule has 0 bridgehead atoms. The third-order valence-electron chi connectivity index (χ3n) is 9.17. The van der Waals surface area contributed by atoms with Crippen molar-refractivity contribution in [3.8, 4) is 11.5 Å². The Labute approximate surface area is 308 Å². The smallest absolute Gasteiger partial charge is 0.227 e. The Balaban J connectivity index is 1.46. The fourth-order valence-corrected chi connectivity index (χ4v) is 7.86. The van der Waals surface area contributed by atoms with Crippen molar-refractivity contribution in [1.29, 1.82) is 0 Å². The van der Waals surface area contributed by atoms with E-state index in [1.807, 2.05) is 111 Å². The Hall–Kier alpha value is -4.47. The second-order valence-corrected chi connectivity index (χ2v) is 13.9. The highest BCUT2D eigenvalue weighted by molar-refractivity contribution is 9.09. The Morgan fingerprint density at radius 2 is 1.00 bits per heavy atom. The van der Waals surface area contributed by atoms with E-state index in [2.05, 4.69) is 31.9 Å². The van der Waals surface area contributed by atoms with Gasteiger partial charge in [0.05, 0.1) is 22.9 Å². The van der Waals surface area contributed by atoms with Gasteiger partial charge in [0.2, 0.25) is 11.8 Å². The van der Waals surface area contributed by atoms with E-state index in [-0.39, 0.29) is 17.6 Å². The Bertz CT molecular complexity index is 2050. The van der Waals surface area contributed by atoms with Gasteiger partial charge in [-0.2, -0.15) is 0 Å². The van der Waals surface area contributed by atoms with E-state index in [0.717, 1.165) is 55.2 Å². The number of carbonyl (C=O) groups excluding carboxylic acids is 3. The van der Waals surface area contributed by atoms with Crippen molar-refractivity contribution < 1.29 is 23.9 Å². The van der Waals surface area contributed by atoms with Crippen molar-refractivity contribution in [3.63, 3.8) is 0 Å². The normalized spacial score (nSPS) is 12.6. The topological polar surface area (TPSA) is 79.5 Å². The van der Waals surface area contributed by atoms with Gasteiger partial charge in [0.15, 0.2) is 0 Å². The molecule has 0 saturated heterocycles. The van der Waals surface area contributed by atoms with Crippen LogP contribution in [0.5, 0.6) is 11.5 Å². The van der Waals surface area contributed by atoms with E-state index in [9.17, 15) is 14.4 Å². The lowest BCUT2D eigenvalue weighted by molar-refractivity contribution is -0.121. The molecule has 2 atom stereocenters. The maximum Gasteiger partial charge on any atom is 0.227 e. The lowest BCUT2D eigenvalue weighted by atomic mass is 9.84. The number of halogens is 2. The van der Waals surface area contributed by atoms with Gasteiger partial charge in [-0.05, 0) is 48.2 Å². The molecule has 0 fully saturated rings. The minimum Gasteiger partial charge on any atom is -0.489 e. The predicted molar refractivity (Wildman–Crippen MR) is 206 cm³/mol. The number of carbonyl (C=O) groups is 3. The highest BCUT2D eigenvalue weighted by Gasteiger charge is 2.33. The van der Waals surface area contributed by atoms with E-state index in [4.69, 9.17) is 9.47 Å². The Morgan fingerprint density at radius 3 is 1.34 bits per heavy atom. The highest BCUT2D eigenvalue weighted by atomic mass is 79.9. The first-order valence-corrected chi connectivity index (χ1v) is 18.7. The van der Waals surface area contributed by atoms with Gasteiger partial charge in [0.1, 0.15) is 30.5 Å². The number of alkyl halides is 2. The molecule has 0 aliphatic rings. The number of aryl methyl sites for hydroxylation is 2. The van der Waals surface area contributed by atoms with Crippen LogP contribution in [-0.4, -0.2) is 37.4 Å². The fourth-order valence-electron chi connectivity index (χ4n) is 6.52. The molecule has 0 radical (unpaired) electrons. The maximum atomic E-state index is 14.9. The van der Waals surface area contributed by atoms with E-state index in [1.165, 1.54) is 13.8 Å². The molecule has 2 aromatic heterocycles. The SMILES string of the molecule is CC(=O)n1cc(C)c2cc(C(CBr)C(=O)C(CBr)c3cc4c(C)cn(C(C)=O)c4cc3OCc3ccccc3)c(OCc3ccccc3)cc21.